The first-order valence-electron chi connectivity index (χ1n) is 9.55. The van der Waals surface area contributed by atoms with E-state index < -0.39 is 34.4 Å². The maximum atomic E-state index is 12.8. The number of carboxylic acids is 1. The molecule has 194 valence electrons. The number of benzene rings is 1. The third kappa shape index (κ3) is 7.61. The maximum absolute atomic E-state index is 12.8. The van der Waals surface area contributed by atoms with E-state index in [9.17, 15) is 34.8 Å². The zero-order chi connectivity index (χ0) is 27.3. The van der Waals surface area contributed by atoms with Gasteiger partial charge < -0.3 is 10.8 Å². The molecule has 4 N–H and O–H groups in total. The third-order valence-electron chi connectivity index (χ3n) is 4.28. The molecule has 3 rings (SSSR count). The highest BCUT2D eigenvalue weighted by Gasteiger charge is 2.39. The van der Waals surface area contributed by atoms with Crippen molar-refractivity contribution in [3.8, 4) is 22.4 Å². The predicted octanol–water partition coefficient (Wildman–Crippen LogP) is 3.65. The van der Waals surface area contributed by atoms with Crippen LogP contribution in [0.1, 0.15) is 6.92 Å². The van der Waals surface area contributed by atoms with Crippen LogP contribution in [0.15, 0.2) is 59.9 Å². The van der Waals surface area contributed by atoms with Crippen molar-refractivity contribution in [2.75, 3.05) is 5.73 Å². The van der Waals surface area contributed by atoms with Gasteiger partial charge in [0.25, 0.3) is 0 Å². The Morgan fingerprint density at radius 2 is 1.47 bits per heavy atom. The van der Waals surface area contributed by atoms with E-state index in [2.05, 4.69) is 15.0 Å². The summed E-state index contributed by atoms with van der Waals surface area (Å²) in [5, 5.41) is 7.12. The van der Waals surface area contributed by atoms with E-state index in [4.69, 9.17) is 15.6 Å². The number of pyridine rings is 1. The van der Waals surface area contributed by atoms with Gasteiger partial charge in [0.05, 0.1) is 10.6 Å². The van der Waals surface area contributed by atoms with Gasteiger partial charge in [-0.3, -0.25) is 4.98 Å². The zero-order valence-corrected chi connectivity index (χ0v) is 18.9. The van der Waals surface area contributed by atoms with Crippen molar-refractivity contribution in [2.24, 2.45) is 0 Å². The Labute approximate surface area is 200 Å². The second-order valence-corrected chi connectivity index (χ2v) is 8.63. The Kier molecular flexibility index (Phi) is 8.58. The quantitative estimate of drug-likeness (QED) is 0.418. The number of aromatic nitrogens is 3. The highest BCUT2D eigenvalue weighted by molar-refractivity contribution is 7.89. The van der Waals surface area contributed by atoms with Crippen LogP contribution in [0.5, 0.6) is 0 Å². The number of aliphatic carboxylic acids is 1. The standard InChI is InChI=1S/C18H16F3N5O2S.C2HF3O2/c1-11(18(19,20)21)26-29(27,28)16-5-3-2-4-14(16)12-6-7-15(23-8-12)13-9-24-17(22)25-10-13;3-2(4,5)1(6)7/h2-11,26H,1H3,(H2,22,24,25);(H,6,7)/t11-;/m0./s1. The molecule has 9 nitrogen and oxygen atoms in total. The van der Waals surface area contributed by atoms with Crippen molar-refractivity contribution in [1.82, 2.24) is 19.7 Å². The van der Waals surface area contributed by atoms with E-state index in [-0.39, 0.29) is 16.4 Å². The fraction of sp³-hybridized carbons (Fsp3) is 0.200. The number of hydrogen-bond acceptors (Lipinski definition) is 7. The topological polar surface area (TPSA) is 148 Å². The van der Waals surface area contributed by atoms with Crippen molar-refractivity contribution in [3.05, 3.63) is 55.0 Å². The number of rotatable bonds is 5. The summed E-state index contributed by atoms with van der Waals surface area (Å²) in [6, 6.07) is 6.76. The third-order valence-corrected chi connectivity index (χ3v) is 5.88. The van der Waals surface area contributed by atoms with Gasteiger partial charge in [-0.15, -0.1) is 0 Å². The molecule has 0 bridgehead atoms. The minimum Gasteiger partial charge on any atom is -0.475 e. The maximum Gasteiger partial charge on any atom is 0.490 e. The van der Waals surface area contributed by atoms with Crippen molar-refractivity contribution in [1.29, 1.82) is 0 Å². The average Bonchev–Trinajstić information content (AvgIpc) is 2.79. The fourth-order valence-electron chi connectivity index (χ4n) is 2.50. The minimum atomic E-state index is -5.08. The lowest BCUT2D eigenvalue weighted by atomic mass is 10.1. The molecule has 3 aromatic rings. The Bertz CT molecular complexity index is 1300. The molecule has 1 atom stereocenters. The molecule has 0 spiro atoms. The lowest BCUT2D eigenvalue weighted by Gasteiger charge is -2.18. The summed E-state index contributed by atoms with van der Waals surface area (Å²) in [6.45, 7) is 0.741. The Morgan fingerprint density at radius 1 is 0.944 bits per heavy atom. The van der Waals surface area contributed by atoms with Crippen LogP contribution in [0.2, 0.25) is 0 Å². The molecule has 0 aliphatic carbocycles. The van der Waals surface area contributed by atoms with Crippen LogP contribution in [-0.2, 0) is 14.8 Å². The van der Waals surface area contributed by atoms with Gasteiger partial charge in [-0.2, -0.15) is 31.1 Å². The highest BCUT2D eigenvalue weighted by atomic mass is 32.2. The second-order valence-electron chi connectivity index (χ2n) is 6.95. The van der Waals surface area contributed by atoms with Crippen molar-refractivity contribution < 1.29 is 44.7 Å². The molecule has 2 aromatic heterocycles. The summed E-state index contributed by atoms with van der Waals surface area (Å²) in [5.74, 6) is -2.64. The number of carboxylic acid groups (broad SMARTS) is 1. The van der Waals surface area contributed by atoms with Crippen molar-refractivity contribution in [2.45, 2.75) is 30.2 Å². The molecular weight excluding hydrogens is 520 g/mol. The summed E-state index contributed by atoms with van der Waals surface area (Å²) in [6.07, 6.45) is -5.38. The number of halogens is 6. The van der Waals surface area contributed by atoms with Gasteiger partial charge in [-0.05, 0) is 19.1 Å². The normalized spacial score (nSPS) is 12.9. The van der Waals surface area contributed by atoms with Crippen LogP contribution in [0.4, 0.5) is 32.3 Å². The Morgan fingerprint density at radius 3 is 1.94 bits per heavy atom. The van der Waals surface area contributed by atoms with Gasteiger partial charge >= 0.3 is 18.3 Å². The number of nitrogens with two attached hydrogens (primary N) is 1. The van der Waals surface area contributed by atoms with E-state index in [0.717, 1.165) is 6.92 Å². The molecule has 0 radical (unpaired) electrons. The first kappa shape index (κ1) is 28.4. The predicted molar refractivity (Wildman–Crippen MR) is 115 cm³/mol. The molecule has 0 saturated carbocycles. The van der Waals surface area contributed by atoms with E-state index in [0.29, 0.717) is 16.8 Å². The minimum absolute atomic E-state index is 0.116. The van der Waals surface area contributed by atoms with E-state index in [1.165, 1.54) is 36.8 Å². The van der Waals surface area contributed by atoms with Crippen molar-refractivity contribution >= 4 is 21.9 Å². The number of hydrogen-bond donors (Lipinski definition) is 3. The molecule has 2 heterocycles. The molecule has 1 aromatic carbocycles. The Hall–Kier alpha value is -3.79. The first-order valence-corrected chi connectivity index (χ1v) is 11.0. The number of nitrogens with one attached hydrogen (secondary N) is 1. The van der Waals surface area contributed by atoms with Crippen LogP contribution in [-0.4, -0.2) is 52.8 Å². The smallest absolute Gasteiger partial charge is 0.475 e. The van der Waals surface area contributed by atoms with Crippen LogP contribution < -0.4 is 10.5 Å². The monoisotopic (exact) mass is 537 g/mol. The van der Waals surface area contributed by atoms with Crippen LogP contribution in [0.3, 0.4) is 0 Å². The SMILES string of the molecule is C[C@H](NS(=O)(=O)c1ccccc1-c1ccc(-c2cnc(N)nc2)nc1)C(F)(F)F.O=C(O)C(F)(F)F. The lowest BCUT2D eigenvalue weighted by Crippen LogP contribution is -2.43. The van der Waals surface area contributed by atoms with Crippen LogP contribution in [0.25, 0.3) is 22.4 Å². The van der Waals surface area contributed by atoms with E-state index in [1.54, 1.807) is 22.9 Å². The van der Waals surface area contributed by atoms with Gasteiger partial charge in [0.2, 0.25) is 16.0 Å². The molecule has 0 amide bonds. The number of nitrogen functional groups attached to an aromatic ring is 1. The summed E-state index contributed by atoms with van der Waals surface area (Å²) < 4.78 is 96.9. The molecule has 0 saturated heterocycles. The average molecular weight is 537 g/mol. The molecule has 16 heteroatoms. The summed E-state index contributed by atoms with van der Waals surface area (Å²) in [7, 11) is -4.42. The van der Waals surface area contributed by atoms with Gasteiger partial charge in [-0.1, -0.05) is 24.3 Å². The molecule has 36 heavy (non-hydrogen) atoms. The lowest BCUT2D eigenvalue weighted by molar-refractivity contribution is -0.192. The number of sulfonamides is 1. The Balaban J connectivity index is 0.000000572. The molecule has 0 fully saturated rings. The second kappa shape index (κ2) is 10.9. The highest BCUT2D eigenvalue weighted by Crippen LogP contribution is 2.29. The molecular formula is C20H17F6N5O4S. The molecule has 0 aliphatic heterocycles. The van der Waals surface area contributed by atoms with Crippen molar-refractivity contribution in [3.63, 3.8) is 0 Å². The largest absolute Gasteiger partial charge is 0.490 e. The van der Waals surface area contributed by atoms with Crippen LogP contribution in [0, 0.1) is 0 Å². The number of anilines is 1. The zero-order valence-electron chi connectivity index (χ0n) is 18.0. The molecule has 0 unspecified atom stereocenters. The number of carbonyl (C=O) groups is 1. The summed E-state index contributed by atoms with van der Waals surface area (Å²) in [5.41, 5.74) is 7.22. The van der Waals surface area contributed by atoms with Gasteiger partial charge in [0.1, 0.15) is 6.04 Å². The number of alkyl halides is 6. The van der Waals surface area contributed by atoms with E-state index >= 15 is 0 Å². The van der Waals surface area contributed by atoms with Gasteiger partial charge in [0, 0.05) is 35.3 Å². The first-order chi connectivity index (χ1) is 16.5. The fourth-order valence-corrected chi connectivity index (χ4v) is 3.96. The van der Waals surface area contributed by atoms with Gasteiger partial charge in [0.15, 0.2) is 0 Å². The summed E-state index contributed by atoms with van der Waals surface area (Å²) in [4.78, 5) is 20.6. The van der Waals surface area contributed by atoms with E-state index in [1.807, 2.05) is 0 Å². The van der Waals surface area contributed by atoms with Crippen LogP contribution >= 0.6 is 0 Å². The molecule has 0 aliphatic rings. The summed E-state index contributed by atoms with van der Waals surface area (Å²) >= 11 is 0. The van der Waals surface area contributed by atoms with Gasteiger partial charge in [-0.25, -0.2) is 23.2 Å². The number of nitrogens with zero attached hydrogens (tertiary/aromatic N) is 3.